The minimum atomic E-state index is -0.163. The van der Waals surface area contributed by atoms with Crippen molar-refractivity contribution in [2.24, 2.45) is 4.99 Å². The molecule has 1 aliphatic heterocycles. The number of carbonyl (C=O) groups excluding carboxylic acids is 1. The highest BCUT2D eigenvalue weighted by atomic mass is 127. The first-order valence-corrected chi connectivity index (χ1v) is 7.64. The number of hydrogen-bond donors (Lipinski definition) is 1. The third kappa shape index (κ3) is 3.21. The Balaban J connectivity index is 1.91. The Labute approximate surface area is 136 Å². The van der Waals surface area contributed by atoms with E-state index in [1.165, 1.54) is 5.56 Å². The summed E-state index contributed by atoms with van der Waals surface area (Å²) in [4.78, 5) is 16.4. The quantitative estimate of drug-likeness (QED) is 0.621. The summed E-state index contributed by atoms with van der Waals surface area (Å²) in [6.45, 7) is 2.03. The lowest BCUT2D eigenvalue weighted by Gasteiger charge is -2.00. The topological polar surface area (TPSA) is 41.5 Å². The average Bonchev–Trinajstić information content (AvgIpc) is 2.83. The minimum absolute atomic E-state index is 0.163. The lowest BCUT2D eigenvalue weighted by molar-refractivity contribution is -0.115. The first kappa shape index (κ1) is 14.0. The van der Waals surface area contributed by atoms with Gasteiger partial charge in [0.2, 0.25) is 0 Å². The molecule has 0 aromatic heterocycles. The number of aryl methyl sites for hydroxylation is 1. The van der Waals surface area contributed by atoms with Gasteiger partial charge in [0.15, 0.2) is 0 Å². The molecule has 3 rings (SSSR count). The van der Waals surface area contributed by atoms with Gasteiger partial charge in [-0.15, -0.1) is 0 Å². The molecule has 0 spiro atoms. The summed E-state index contributed by atoms with van der Waals surface area (Å²) < 4.78 is 1.16. The van der Waals surface area contributed by atoms with Gasteiger partial charge in [-0.25, -0.2) is 4.99 Å². The molecule has 0 unspecified atom stereocenters. The molecule has 1 amide bonds. The summed E-state index contributed by atoms with van der Waals surface area (Å²) in [6, 6.07) is 15.9. The van der Waals surface area contributed by atoms with Gasteiger partial charge >= 0.3 is 0 Å². The fourth-order valence-corrected chi connectivity index (χ4v) is 2.39. The van der Waals surface area contributed by atoms with Gasteiger partial charge in [0.1, 0.15) is 11.5 Å². The van der Waals surface area contributed by atoms with E-state index in [1.54, 1.807) is 6.08 Å². The summed E-state index contributed by atoms with van der Waals surface area (Å²) in [5.41, 5.74) is 3.50. The number of amidine groups is 1. The van der Waals surface area contributed by atoms with Gasteiger partial charge in [-0.1, -0.05) is 42.0 Å². The van der Waals surface area contributed by atoms with Crippen LogP contribution in [0.2, 0.25) is 0 Å². The highest BCUT2D eigenvalue weighted by molar-refractivity contribution is 14.1. The van der Waals surface area contributed by atoms with Crippen LogP contribution in [0.25, 0.3) is 6.08 Å². The van der Waals surface area contributed by atoms with Gasteiger partial charge in [0, 0.05) is 9.13 Å². The van der Waals surface area contributed by atoms with E-state index in [0.717, 1.165) is 14.7 Å². The van der Waals surface area contributed by atoms with Gasteiger partial charge in [-0.05, 0) is 53.3 Å². The number of amides is 1. The number of rotatable bonds is 2. The van der Waals surface area contributed by atoms with Gasteiger partial charge in [-0.2, -0.15) is 0 Å². The molecule has 0 saturated heterocycles. The minimum Gasteiger partial charge on any atom is -0.305 e. The number of carbonyl (C=O) groups is 1. The maximum Gasteiger partial charge on any atom is 0.275 e. The lowest BCUT2D eigenvalue weighted by Crippen LogP contribution is -2.24. The second-order valence-corrected chi connectivity index (χ2v) is 6.11. The fraction of sp³-hybridized carbons (Fsp3) is 0.0588. The van der Waals surface area contributed by atoms with E-state index in [2.05, 4.69) is 32.9 Å². The average molecular weight is 388 g/mol. The van der Waals surface area contributed by atoms with E-state index in [9.17, 15) is 4.79 Å². The molecule has 0 radical (unpaired) electrons. The summed E-state index contributed by atoms with van der Waals surface area (Å²) >= 11 is 2.25. The van der Waals surface area contributed by atoms with Crippen LogP contribution in [0.3, 0.4) is 0 Å². The van der Waals surface area contributed by atoms with Crippen LogP contribution in [-0.4, -0.2) is 11.7 Å². The molecule has 104 valence electrons. The van der Waals surface area contributed by atoms with Crippen molar-refractivity contribution in [1.29, 1.82) is 0 Å². The van der Waals surface area contributed by atoms with Crippen LogP contribution in [0.4, 0.5) is 0 Å². The maximum absolute atomic E-state index is 12.0. The molecule has 0 aliphatic carbocycles. The molecule has 4 heteroatoms. The summed E-state index contributed by atoms with van der Waals surface area (Å²) in [7, 11) is 0. The largest absolute Gasteiger partial charge is 0.305 e. The van der Waals surface area contributed by atoms with E-state index in [1.807, 2.05) is 55.5 Å². The first-order valence-electron chi connectivity index (χ1n) is 6.56. The van der Waals surface area contributed by atoms with Crippen LogP contribution in [0.1, 0.15) is 16.7 Å². The molecule has 1 heterocycles. The zero-order valence-corrected chi connectivity index (χ0v) is 13.6. The Kier molecular flexibility index (Phi) is 3.88. The van der Waals surface area contributed by atoms with Crippen molar-refractivity contribution >= 4 is 40.4 Å². The van der Waals surface area contributed by atoms with Crippen LogP contribution < -0.4 is 5.32 Å². The van der Waals surface area contributed by atoms with Crippen molar-refractivity contribution < 1.29 is 4.79 Å². The molecular formula is C17H13IN2O. The zero-order valence-electron chi connectivity index (χ0n) is 11.4. The van der Waals surface area contributed by atoms with Crippen molar-refractivity contribution in [2.45, 2.75) is 6.92 Å². The van der Waals surface area contributed by atoms with Crippen molar-refractivity contribution in [2.75, 3.05) is 0 Å². The van der Waals surface area contributed by atoms with Crippen LogP contribution in [0.5, 0.6) is 0 Å². The highest BCUT2D eigenvalue weighted by Crippen LogP contribution is 2.16. The number of benzene rings is 2. The molecule has 3 nitrogen and oxygen atoms in total. The van der Waals surface area contributed by atoms with E-state index in [-0.39, 0.29) is 5.91 Å². The van der Waals surface area contributed by atoms with Crippen LogP contribution in [0.15, 0.2) is 59.2 Å². The monoisotopic (exact) mass is 388 g/mol. The molecule has 21 heavy (non-hydrogen) atoms. The third-order valence-electron chi connectivity index (χ3n) is 3.20. The maximum atomic E-state index is 12.0. The Hall–Kier alpha value is -1.95. The molecular weight excluding hydrogens is 375 g/mol. The number of halogens is 1. The van der Waals surface area contributed by atoms with E-state index < -0.39 is 0 Å². The fourth-order valence-electron chi connectivity index (χ4n) is 2.03. The Morgan fingerprint density at radius 2 is 1.71 bits per heavy atom. The molecule has 0 fully saturated rings. The highest BCUT2D eigenvalue weighted by Gasteiger charge is 2.20. The standard InChI is InChI=1S/C17H13IN2O/c1-11-2-6-13(7-3-11)16-19-15(17(21)20-16)10-12-4-8-14(18)9-5-12/h2-10H,1H3,(H,19,20,21)/b15-10-. The van der Waals surface area contributed by atoms with E-state index >= 15 is 0 Å². The van der Waals surface area contributed by atoms with Gasteiger partial charge in [0.25, 0.3) is 5.91 Å². The van der Waals surface area contributed by atoms with Gasteiger partial charge < -0.3 is 5.32 Å². The van der Waals surface area contributed by atoms with E-state index in [0.29, 0.717) is 11.5 Å². The van der Waals surface area contributed by atoms with Gasteiger partial charge in [-0.3, -0.25) is 4.79 Å². The van der Waals surface area contributed by atoms with Gasteiger partial charge in [0.05, 0.1) is 0 Å². The molecule has 1 N–H and O–H groups in total. The van der Waals surface area contributed by atoms with Crippen LogP contribution in [-0.2, 0) is 4.79 Å². The Morgan fingerprint density at radius 3 is 2.38 bits per heavy atom. The predicted molar refractivity (Wildman–Crippen MR) is 93.0 cm³/mol. The summed E-state index contributed by atoms with van der Waals surface area (Å²) in [5, 5.41) is 2.81. The molecule has 1 aliphatic rings. The van der Waals surface area contributed by atoms with Crippen molar-refractivity contribution in [3.8, 4) is 0 Å². The normalized spacial score (nSPS) is 16.0. The van der Waals surface area contributed by atoms with Crippen molar-refractivity contribution in [1.82, 2.24) is 5.32 Å². The Morgan fingerprint density at radius 1 is 1.05 bits per heavy atom. The smallest absolute Gasteiger partial charge is 0.275 e. The first-order chi connectivity index (χ1) is 10.1. The Bertz CT molecular complexity index is 743. The third-order valence-corrected chi connectivity index (χ3v) is 3.91. The van der Waals surface area contributed by atoms with Crippen molar-refractivity contribution in [3.63, 3.8) is 0 Å². The second kappa shape index (κ2) is 5.81. The number of nitrogens with zero attached hydrogens (tertiary/aromatic N) is 1. The van der Waals surface area contributed by atoms with E-state index in [4.69, 9.17) is 0 Å². The number of aliphatic imine (C=N–C) groups is 1. The molecule has 2 aromatic rings. The molecule has 2 aromatic carbocycles. The van der Waals surface area contributed by atoms with Crippen molar-refractivity contribution in [3.05, 3.63) is 74.5 Å². The molecule has 0 saturated carbocycles. The predicted octanol–water partition coefficient (Wildman–Crippen LogP) is 3.52. The summed E-state index contributed by atoms with van der Waals surface area (Å²) in [6.07, 6.45) is 1.80. The molecule has 0 atom stereocenters. The lowest BCUT2D eigenvalue weighted by atomic mass is 10.1. The second-order valence-electron chi connectivity index (χ2n) is 4.86. The number of nitrogens with one attached hydrogen (secondary N) is 1. The summed E-state index contributed by atoms with van der Waals surface area (Å²) in [5.74, 6) is 0.445. The van der Waals surface area contributed by atoms with Crippen LogP contribution >= 0.6 is 22.6 Å². The zero-order chi connectivity index (χ0) is 14.8. The number of hydrogen-bond acceptors (Lipinski definition) is 2. The molecule has 0 bridgehead atoms. The SMILES string of the molecule is Cc1ccc(C2=N/C(=C\c3ccc(I)cc3)C(=O)N2)cc1. The van der Waals surface area contributed by atoms with Crippen LogP contribution in [0, 0.1) is 10.5 Å².